The summed E-state index contributed by atoms with van der Waals surface area (Å²) in [6.07, 6.45) is 2.14. The zero-order valence-corrected chi connectivity index (χ0v) is 10.1. The fourth-order valence-electron chi connectivity index (χ4n) is 0.930. The van der Waals surface area contributed by atoms with Gasteiger partial charge in [0.1, 0.15) is 0 Å². The number of thioether (sulfide) groups is 1. The van der Waals surface area contributed by atoms with E-state index in [1.807, 2.05) is 11.8 Å². The molecule has 0 bridgehead atoms. The Morgan fingerprint density at radius 2 is 2.00 bits per heavy atom. The zero-order valence-electron chi connectivity index (χ0n) is 9.30. The molecule has 2 nitrogen and oxygen atoms in total. The van der Waals surface area contributed by atoms with Crippen LogP contribution in [0.25, 0.3) is 0 Å². The van der Waals surface area contributed by atoms with Gasteiger partial charge in [-0.15, -0.1) is 0 Å². The first-order chi connectivity index (χ1) is 5.95. The van der Waals surface area contributed by atoms with Gasteiger partial charge in [-0.25, -0.2) is 0 Å². The zero-order chi connectivity index (χ0) is 10.3. The third-order valence-corrected chi connectivity index (χ3v) is 3.11. The van der Waals surface area contributed by atoms with Crippen molar-refractivity contribution >= 4 is 11.8 Å². The first-order valence-corrected chi connectivity index (χ1v) is 5.83. The number of hydrogen-bond acceptors (Lipinski definition) is 3. The molecule has 0 fully saturated rings. The lowest BCUT2D eigenvalue weighted by Crippen LogP contribution is -2.25. The van der Waals surface area contributed by atoms with Crippen LogP contribution in [0.4, 0.5) is 0 Å². The monoisotopic (exact) mass is 205 g/mol. The molecule has 0 aliphatic heterocycles. The smallest absolute Gasteiger partial charge is 0.0462 e. The van der Waals surface area contributed by atoms with Crippen molar-refractivity contribution in [1.29, 1.82) is 0 Å². The molecule has 0 aromatic heterocycles. The topological polar surface area (TPSA) is 35.2 Å². The summed E-state index contributed by atoms with van der Waals surface area (Å²) < 4.78 is 5.31. The van der Waals surface area contributed by atoms with E-state index in [0.717, 1.165) is 25.2 Å². The number of hydrogen-bond donors (Lipinski definition) is 1. The highest BCUT2D eigenvalue weighted by Gasteiger charge is 2.12. The van der Waals surface area contributed by atoms with Gasteiger partial charge in [0, 0.05) is 30.3 Å². The molecule has 0 saturated heterocycles. The number of methoxy groups -OCH3 is 1. The maximum Gasteiger partial charge on any atom is 0.0462 e. The van der Waals surface area contributed by atoms with Gasteiger partial charge in [0.15, 0.2) is 0 Å². The van der Waals surface area contributed by atoms with E-state index < -0.39 is 0 Å². The van der Waals surface area contributed by atoms with Gasteiger partial charge in [0.05, 0.1) is 0 Å². The first-order valence-electron chi connectivity index (χ1n) is 4.84. The summed E-state index contributed by atoms with van der Waals surface area (Å²) >= 11 is 1.93. The molecule has 0 rings (SSSR count). The van der Waals surface area contributed by atoms with E-state index in [9.17, 15) is 0 Å². The molecule has 0 saturated carbocycles. The lowest BCUT2D eigenvalue weighted by atomic mass is 10.2. The molecule has 0 aliphatic rings. The molecule has 1 atom stereocenters. The minimum Gasteiger partial charge on any atom is -0.385 e. The fraction of sp³-hybridized carbons (Fsp3) is 1.00. The Labute approximate surface area is 86.6 Å². The van der Waals surface area contributed by atoms with Crippen LogP contribution in [-0.2, 0) is 4.74 Å². The Balaban J connectivity index is 3.35. The van der Waals surface area contributed by atoms with E-state index in [2.05, 4.69) is 20.8 Å². The Hall–Kier alpha value is 0.270. The summed E-state index contributed by atoms with van der Waals surface area (Å²) in [5.74, 6) is 1.05. The molecular weight excluding hydrogens is 182 g/mol. The third-order valence-electron chi connectivity index (χ3n) is 1.65. The SMILES string of the molecule is COCCCC(N)CSC(C)(C)C. The van der Waals surface area contributed by atoms with Gasteiger partial charge in [-0.3, -0.25) is 0 Å². The molecule has 0 aliphatic carbocycles. The Morgan fingerprint density at radius 3 is 2.46 bits per heavy atom. The average Bonchev–Trinajstić information content (AvgIpc) is 2.00. The Bertz CT molecular complexity index is 123. The van der Waals surface area contributed by atoms with Crippen molar-refractivity contribution in [2.75, 3.05) is 19.5 Å². The van der Waals surface area contributed by atoms with Gasteiger partial charge in [0.2, 0.25) is 0 Å². The Morgan fingerprint density at radius 1 is 1.38 bits per heavy atom. The third kappa shape index (κ3) is 10.2. The number of nitrogens with two attached hydrogens (primary N) is 1. The number of ether oxygens (including phenoxy) is 1. The second-order valence-electron chi connectivity index (χ2n) is 4.32. The average molecular weight is 205 g/mol. The molecule has 13 heavy (non-hydrogen) atoms. The maximum atomic E-state index is 5.95. The van der Waals surface area contributed by atoms with Crippen LogP contribution in [0.3, 0.4) is 0 Å². The fourth-order valence-corrected chi connectivity index (χ4v) is 1.81. The van der Waals surface area contributed by atoms with Gasteiger partial charge < -0.3 is 10.5 Å². The van der Waals surface area contributed by atoms with Crippen molar-refractivity contribution in [2.45, 2.75) is 44.4 Å². The molecule has 1 unspecified atom stereocenters. The van der Waals surface area contributed by atoms with Crippen LogP contribution in [0.5, 0.6) is 0 Å². The summed E-state index contributed by atoms with van der Waals surface area (Å²) in [7, 11) is 1.73. The summed E-state index contributed by atoms with van der Waals surface area (Å²) in [4.78, 5) is 0. The van der Waals surface area contributed by atoms with Crippen LogP contribution < -0.4 is 5.73 Å². The van der Waals surface area contributed by atoms with Gasteiger partial charge in [-0.2, -0.15) is 11.8 Å². The molecular formula is C10H23NOS. The summed E-state index contributed by atoms with van der Waals surface area (Å²) in [5, 5.41) is 0. The second kappa shape index (κ2) is 6.68. The minimum atomic E-state index is 0.319. The molecule has 0 amide bonds. The highest BCUT2D eigenvalue weighted by Crippen LogP contribution is 2.23. The predicted molar refractivity (Wildman–Crippen MR) is 61.3 cm³/mol. The van der Waals surface area contributed by atoms with Crippen LogP contribution in [-0.4, -0.2) is 30.3 Å². The van der Waals surface area contributed by atoms with E-state index in [0.29, 0.717) is 10.8 Å². The van der Waals surface area contributed by atoms with Gasteiger partial charge in [0.25, 0.3) is 0 Å². The van der Waals surface area contributed by atoms with E-state index in [-0.39, 0.29) is 0 Å². The van der Waals surface area contributed by atoms with Crippen LogP contribution in [0.1, 0.15) is 33.6 Å². The molecule has 0 aromatic rings. The lowest BCUT2D eigenvalue weighted by Gasteiger charge is -2.20. The van der Waals surface area contributed by atoms with Crippen LogP contribution in [0.15, 0.2) is 0 Å². The molecule has 0 heterocycles. The molecule has 0 radical (unpaired) electrons. The highest BCUT2D eigenvalue weighted by molar-refractivity contribution is 8.00. The summed E-state index contributed by atoms with van der Waals surface area (Å²) in [6, 6.07) is 0.319. The standard InChI is InChI=1S/C10H23NOS/c1-10(2,3)13-8-9(11)6-5-7-12-4/h9H,5-8,11H2,1-4H3. The van der Waals surface area contributed by atoms with Crippen molar-refractivity contribution < 1.29 is 4.74 Å². The van der Waals surface area contributed by atoms with Gasteiger partial charge in [-0.1, -0.05) is 20.8 Å². The largest absolute Gasteiger partial charge is 0.385 e. The molecule has 3 heteroatoms. The van der Waals surface area contributed by atoms with E-state index in [1.54, 1.807) is 7.11 Å². The van der Waals surface area contributed by atoms with Gasteiger partial charge >= 0.3 is 0 Å². The number of rotatable bonds is 6. The van der Waals surface area contributed by atoms with Crippen molar-refractivity contribution in [1.82, 2.24) is 0 Å². The van der Waals surface area contributed by atoms with Crippen molar-refractivity contribution in [3.05, 3.63) is 0 Å². The second-order valence-corrected chi connectivity index (χ2v) is 6.17. The van der Waals surface area contributed by atoms with E-state index >= 15 is 0 Å². The summed E-state index contributed by atoms with van der Waals surface area (Å²) in [5.41, 5.74) is 5.95. The lowest BCUT2D eigenvalue weighted by molar-refractivity contribution is 0.191. The normalized spacial score (nSPS) is 14.5. The van der Waals surface area contributed by atoms with Crippen LogP contribution in [0, 0.1) is 0 Å². The summed E-state index contributed by atoms with van der Waals surface area (Å²) in [6.45, 7) is 7.49. The minimum absolute atomic E-state index is 0.319. The molecule has 80 valence electrons. The van der Waals surface area contributed by atoms with Crippen molar-refractivity contribution in [2.24, 2.45) is 5.73 Å². The van der Waals surface area contributed by atoms with Crippen LogP contribution >= 0.6 is 11.8 Å². The molecule has 0 aromatic carbocycles. The quantitative estimate of drug-likeness (QED) is 0.676. The van der Waals surface area contributed by atoms with E-state index in [1.165, 1.54) is 0 Å². The van der Waals surface area contributed by atoms with Gasteiger partial charge in [-0.05, 0) is 12.8 Å². The maximum absolute atomic E-state index is 5.95. The Kier molecular flexibility index (Phi) is 6.82. The van der Waals surface area contributed by atoms with Crippen molar-refractivity contribution in [3.63, 3.8) is 0 Å². The van der Waals surface area contributed by atoms with E-state index in [4.69, 9.17) is 10.5 Å². The highest BCUT2D eigenvalue weighted by atomic mass is 32.2. The molecule has 0 spiro atoms. The van der Waals surface area contributed by atoms with Crippen molar-refractivity contribution in [3.8, 4) is 0 Å². The molecule has 2 N–H and O–H groups in total. The predicted octanol–water partition coefficient (Wildman–Crippen LogP) is 2.27. The first kappa shape index (κ1) is 13.3. The van der Waals surface area contributed by atoms with Crippen LogP contribution in [0.2, 0.25) is 0 Å².